The number of nitrogens with one attached hydrogen (secondary N) is 1. The molecule has 8 nitrogen and oxygen atoms in total. The van der Waals surface area contributed by atoms with E-state index in [0.717, 1.165) is 21.6 Å². The molecular formula is C33H28N2O6. The molecule has 1 heterocycles. The van der Waals surface area contributed by atoms with Crippen molar-refractivity contribution < 1.29 is 28.6 Å². The van der Waals surface area contributed by atoms with Gasteiger partial charge in [0.25, 0.3) is 11.8 Å². The predicted molar refractivity (Wildman–Crippen MR) is 155 cm³/mol. The summed E-state index contributed by atoms with van der Waals surface area (Å²) in [6.45, 7) is 2.64. The first-order valence-electron chi connectivity index (χ1n) is 13.0. The number of anilines is 1. The fourth-order valence-electron chi connectivity index (χ4n) is 4.33. The van der Waals surface area contributed by atoms with Gasteiger partial charge in [-0.15, -0.1) is 0 Å². The largest absolute Gasteiger partial charge is 0.497 e. The van der Waals surface area contributed by atoms with Crippen LogP contribution in [0.5, 0.6) is 17.2 Å². The van der Waals surface area contributed by atoms with Crippen LogP contribution in [-0.2, 0) is 22.8 Å². The highest BCUT2D eigenvalue weighted by molar-refractivity contribution is 6.39. The number of hydrogen-bond acceptors (Lipinski definition) is 6. The van der Waals surface area contributed by atoms with E-state index in [1.165, 1.54) is 13.2 Å². The quantitative estimate of drug-likeness (QED) is 0.209. The highest BCUT2D eigenvalue weighted by Gasteiger charge is 2.37. The fourth-order valence-corrected chi connectivity index (χ4v) is 4.33. The van der Waals surface area contributed by atoms with Gasteiger partial charge in [0.2, 0.25) is 0 Å². The molecule has 0 bridgehead atoms. The molecule has 41 heavy (non-hydrogen) atoms. The van der Waals surface area contributed by atoms with Gasteiger partial charge in [0.15, 0.2) is 0 Å². The molecule has 1 aliphatic heterocycles. The lowest BCUT2D eigenvalue weighted by atomic mass is 10.1. The van der Waals surface area contributed by atoms with E-state index in [2.05, 4.69) is 5.32 Å². The number of rotatable bonds is 9. The minimum atomic E-state index is -0.833. The summed E-state index contributed by atoms with van der Waals surface area (Å²) in [4.78, 5) is 39.9. The van der Waals surface area contributed by atoms with Gasteiger partial charge in [-0.1, -0.05) is 60.2 Å². The van der Waals surface area contributed by atoms with Gasteiger partial charge in [0.05, 0.1) is 12.8 Å². The van der Waals surface area contributed by atoms with Crippen LogP contribution in [0.25, 0.3) is 6.08 Å². The van der Waals surface area contributed by atoms with Crippen LogP contribution in [0.2, 0.25) is 0 Å². The fraction of sp³-hybridized carbons (Fsp3) is 0.121. The standard InChI is InChI=1S/C33H28N2O6/c1-22-7-6-10-24(17-22)21-41-30-19-28(39-2)14-11-25(30)18-29-31(36)34-33(38)35(32(29)37)26-12-15-27(16-13-26)40-20-23-8-4-3-5-9-23/h3-19H,20-21H2,1-2H3,(H,34,36,38)/b29-18+. The SMILES string of the molecule is COc1ccc(/C=C2\C(=O)NC(=O)N(c3ccc(OCc4ccccc4)cc3)C2=O)c(OCc2cccc(C)c2)c1. The summed E-state index contributed by atoms with van der Waals surface area (Å²) in [6, 6.07) is 28.4. The maximum atomic E-state index is 13.5. The molecule has 0 unspecified atom stereocenters. The third kappa shape index (κ3) is 6.45. The molecule has 0 aliphatic carbocycles. The molecule has 1 saturated heterocycles. The third-order valence-corrected chi connectivity index (χ3v) is 6.44. The average Bonchev–Trinajstić information content (AvgIpc) is 2.98. The molecule has 4 aromatic carbocycles. The van der Waals surface area contributed by atoms with Crippen molar-refractivity contribution in [3.63, 3.8) is 0 Å². The van der Waals surface area contributed by atoms with Crippen molar-refractivity contribution in [3.05, 3.63) is 125 Å². The molecule has 206 valence electrons. The summed E-state index contributed by atoms with van der Waals surface area (Å²) >= 11 is 0. The zero-order valence-corrected chi connectivity index (χ0v) is 22.6. The molecule has 5 rings (SSSR count). The van der Waals surface area contributed by atoms with Crippen molar-refractivity contribution in [2.45, 2.75) is 20.1 Å². The topological polar surface area (TPSA) is 94.2 Å². The van der Waals surface area contributed by atoms with Crippen molar-refractivity contribution in [2.75, 3.05) is 12.0 Å². The second-order valence-electron chi connectivity index (χ2n) is 9.41. The Balaban J connectivity index is 1.38. The number of ether oxygens (including phenoxy) is 3. The monoisotopic (exact) mass is 548 g/mol. The lowest BCUT2D eigenvalue weighted by molar-refractivity contribution is -0.122. The lowest BCUT2D eigenvalue weighted by Gasteiger charge is -2.26. The minimum absolute atomic E-state index is 0.209. The summed E-state index contributed by atoms with van der Waals surface area (Å²) in [6.07, 6.45) is 1.42. The number of hydrogen-bond donors (Lipinski definition) is 1. The van der Waals surface area contributed by atoms with E-state index in [4.69, 9.17) is 14.2 Å². The van der Waals surface area contributed by atoms with Gasteiger partial charge in [0.1, 0.15) is 36.0 Å². The summed E-state index contributed by atoms with van der Waals surface area (Å²) in [5.74, 6) is -0.000802. The molecule has 0 saturated carbocycles. The van der Waals surface area contributed by atoms with Gasteiger partial charge in [-0.05, 0) is 60.5 Å². The van der Waals surface area contributed by atoms with E-state index in [1.807, 2.05) is 61.5 Å². The van der Waals surface area contributed by atoms with Crippen LogP contribution in [0.1, 0.15) is 22.3 Å². The number of carbonyl (C=O) groups is 3. The van der Waals surface area contributed by atoms with Crippen molar-refractivity contribution in [1.82, 2.24) is 5.32 Å². The van der Waals surface area contributed by atoms with Gasteiger partial charge in [0, 0.05) is 11.6 Å². The van der Waals surface area contributed by atoms with Gasteiger partial charge in [-0.3, -0.25) is 14.9 Å². The van der Waals surface area contributed by atoms with Gasteiger partial charge in [-0.25, -0.2) is 9.69 Å². The highest BCUT2D eigenvalue weighted by Crippen LogP contribution is 2.30. The number of urea groups is 1. The Morgan fingerprint density at radius 3 is 2.20 bits per heavy atom. The maximum Gasteiger partial charge on any atom is 0.335 e. The first-order valence-corrected chi connectivity index (χ1v) is 13.0. The van der Waals surface area contributed by atoms with E-state index in [-0.39, 0.29) is 12.2 Å². The Kier molecular flexibility index (Phi) is 8.10. The lowest BCUT2D eigenvalue weighted by Crippen LogP contribution is -2.54. The zero-order valence-electron chi connectivity index (χ0n) is 22.6. The Morgan fingerprint density at radius 1 is 0.756 bits per heavy atom. The van der Waals surface area contributed by atoms with Crippen molar-refractivity contribution >= 4 is 29.6 Å². The molecule has 1 fully saturated rings. The van der Waals surface area contributed by atoms with Gasteiger partial charge < -0.3 is 14.2 Å². The predicted octanol–water partition coefficient (Wildman–Crippen LogP) is 5.83. The van der Waals surface area contributed by atoms with E-state index < -0.39 is 17.8 Å². The normalized spacial score (nSPS) is 14.1. The first-order chi connectivity index (χ1) is 19.9. The molecule has 0 atom stereocenters. The second-order valence-corrected chi connectivity index (χ2v) is 9.41. The van der Waals surface area contributed by atoms with Gasteiger partial charge in [-0.2, -0.15) is 0 Å². The molecular weight excluding hydrogens is 520 g/mol. The molecule has 8 heteroatoms. The van der Waals surface area contributed by atoms with Crippen LogP contribution >= 0.6 is 0 Å². The summed E-state index contributed by atoms with van der Waals surface area (Å²) in [7, 11) is 1.54. The molecule has 1 N–H and O–H groups in total. The highest BCUT2D eigenvalue weighted by atomic mass is 16.5. The maximum absolute atomic E-state index is 13.5. The van der Waals surface area contributed by atoms with Crippen molar-refractivity contribution in [1.29, 1.82) is 0 Å². The molecule has 1 aliphatic rings. The number of carbonyl (C=O) groups excluding carboxylic acids is 3. The van der Waals surface area contributed by atoms with Crippen molar-refractivity contribution in [2.24, 2.45) is 0 Å². The Hall–Kier alpha value is -5.37. The van der Waals surface area contributed by atoms with E-state index in [1.54, 1.807) is 42.5 Å². The Morgan fingerprint density at radius 2 is 1.46 bits per heavy atom. The number of barbiturate groups is 1. The molecule has 0 radical (unpaired) electrons. The molecule has 4 amide bonds. The number of methoxy groups -OCH3 is 1. The van der Waals surface area contributed by atoms with E-state index >= 15 is 0 Å². The zero-order chi connectivity index (χ0) is 28.8. The molecule has 0 spiro atoms. The van der Waals surface area contributed by atoms with Crippen LogP contribution < -0.4 is 24.4 Å². The summed E-state index contributed by atoms with van der Waals surface area (Å²) < 4.78 is 17.2. The third-order valence-electron chi connectivity index (χ3n) is 6.44. The smallest absolute Gasteiger partial charge is 0.335 e. The number of imide groups is 2. The Bertz CT molecular complexity index is 1610. The molecule has 0 aromatic heterocycles. The summed E-state index contributed by atoms with van der Waals surface area (Å²) in [5, 5.41) is 2.26. The molecule has 4 aromatic rings. The minimum Gasteiger partial charge on any atom is -0.497 e. The van der Waals surface area contributed by atoms with Crippen molar-refractivity contribution in [3.8, 4) is 17.2 Å². The Labute approximate surface area is 237 Å². The number of nitrogens with zero attached hydrogens (tertiary/aromatic N) is 1. The average molecular weight is 549 g/mol. The second kappa shape index (κ2) is 12.2. The summed E-state index contributed by atoms with van der Waals surface area (Å²) in [5.41, 5.74) is 3.64. The van der Waals surface area contributed by atoms with Gasteiger partial charge >= 0.3 is 6.03 Å². The van der Waals surface area contributed by atoms with Crippen LogP contribution in [0.4, 0.5) is 10.5 Å². The number of aryl methyl sites for hydroxylation is 1. The number of amides is 4. The number of benzene rings is 4. The van der Waals surface area contributed by atoms with Crippen LogP contribution in [0.3, 0.4) is 0 Å². The van der Waals surface area contributed by atoms with Crippen LogP contribution in [-0.4, -0.2) is 25.0 Å². The van der Waals surface area contributed by atoms with E-state index in [9.17, 15) is 14.4 Å². The van der Waals surface area contributed by atoms with Crippen LogP contribution in [0.15, 0.2) is 103 Å². The van der Waals surface area contributed by atoms with E-state index in [0.29, 0.717) is 35.1 Å². The van der Waals surface area contributed by atoms with Crippen LogP contribution in [0, 0.1) is 6.92 Å². The first kappa shape index (κ1) is 27.2.